The second-order valence-electron chi connectivity index (χ2n) is 13.4. The van der Waals surface area contributed by atoms with Gasteiger partial charge in [-0.15, -0.1) is 0 Å². The standard InChI is InChI=1S/C48H29N3O/c1-2-11-30(12-3-1)41-25-23-31-21-22-32-24-26-42(50-48(32)47(31)49-41)33-13-10-14-34(27-33)51-43-19-8-6-17-37(43)39-29-46-40(28-44(39)51)36-16-5-4-15-35(36)38-18-7-9-20-45(38)52-46/h1-29H. The predicted octanol–water partition coefficient (Wildman–Crippen LogP) is 12.7. The zero-order chi connectivity index (χ0) is 34.2. The van der Waals surface area contributed by atoms with E-state index in [4.69, 9.17) is 14.7 Å². The summed E-state index contributed by atoms with van der Waals surface area (Å²) in [6.07, 6.45) is 0. The molecule has 0 bridgehead atoms. The quantitative estimate of drug-likeness (QED) is 0.177. The van der Waals surface area contributed by atoms with E-state index < -0.39 is 0 Å². The van der Waals surface area contributed by atoms with Gasteiger partial charge in [0.1, 0.15) is 11.5 Å². The van der Waals surface area contributed by atoms with Gasteiger partial charge in [-0.2, -0.15) is 0 Å². The third-order valence-corrected chi connectivity index (χ3v) is 10.4. The van der Waals surface area contributed by atoms with Crippen LogP contribution in [0.3, 0.4) is 0 Å². The molecule has 11 rings (SSSR count). The van der Waals surface area contributed by atoms with Gasteiger partial charge >= 0.3 is 0 Å². The van der Waals surface area contributed by atoms with Crippen LogP contribution in [0.5, 0.6) is 11.5 Å². The molecule has 0 N–H and O–H groups in total. The van der Waals surface area contributed by atoms with Crippen molar-refractivity contribution in [3.63, 3.8) is 0 Å². The summed E-state index contributed by atoms with van der Waals surface area (Å²) in [6.45, 7) is 0. The molecule has 0 unspecified atom stereocenters. The molecule has 1 aliphatic rings. The fraction of sp³-hybridized carbons (Fsp3) is 0. The summed E-state index contributed by atoms with van der Waals surface area (Å²) >= 11 is 0. The number of nitrogens with zero attached hydrogens (tertiary/aromatic N) is 3. The van der Waals surface area contributed by atoms with Crippen LogP contribution in [0.1, 0.15) is 0 Å². The van der Waals surface area contributed by atoms with Gasteiger partial charge in [0.15, 0.2) is 0 Å². The first-order valence-electron chi connectivity index (χ1n) is 17.6. The van der Waals surface area contributed by atoms with Crippen LogP contribution in [-0.4, -0.2) is 14.5 Å². The molecule has 0 amide bonds. The molecule has 0 saturated heterocycles. The normalized spacial score (nSPS) is 12.0. The van der Waals surface area contributed by atoms with Gasteiger partial charge in [-0.05, 0) is 59.7 Å². The lowest BCUT2D eigenvalue weighted by atomic mass is 9.94. The number of aromatic nitrogens is 3. The number of ether oxygens (including phenoxy) is 1. The van der Waals surface area contributed by atoms with E-state index in [0.717, 1.165) is 94.6 Å². The molecule has 0 aliphatic carbocycles. The molecule has 0 radical (unpaired) electrons. The van der Waals surface area contributed by atoms with Gasteiger partial charge in [0, 0.05) is 49.5 Å². The first kappa shape index (κ1) is 28.8. The van der Waals surface area contributed by atoms with Crippen LogP contribution in [0, 0.1) is 0 Å². The molecule has 3 aromatic heterocycles. The fourth-order valence-corrected chi connectivity index (χ4v) is 7.92. The summed E-state index contributed by atoms with van der Waals surface area (Å²) in [5, 5.41) is 4.46. The maximum atomic E-state index is 6.71. The molecule has 10 aromatic rings. The first-order valence-corrected chi connectivity index (χ1v) is 17.6. The highest BCUT2D eigenvalue weighted by Crippen LogP contribution is 2.49. The lowest BCUT2D eigenvalue weighted by Crippen LogP contribution is -1.96. The smallest absolute Gasteiger partial charge is 0.136 e. The van der Waals surface area contributed by atoms with Gasteiger partial charge in [-0.1, -0.05) is 127 Å². The summed E-state index contributed by atoms with van der Waals surface area (Å²) in [4.78, 5) is 10.4. The highest BCUT2D eigenvalue weighted by Gasteiger charge is 2.23. The topological polar surface area (TPSA) is 39.9 Å². The second-order valence-corrected chi connectivity index (χ2v) is 13.4. The van der Waals surface area contributed by atoms with Gasteiger partial charge < -0.3 is 9.30 Å². The second kappa shape index (κ2) is 11.2. The number of pyridine rings is 2. The fourth-order valence-electron chi connectivity index (χ4n) is 7.92. The van der Waals surface area contributed by atoms with E-state index in [-0.39, 0.29) is 0 Å². The molecular weight excluding hydrogens is 635 g/mol. The Bertz CT molecular complexity index is 3050. The van der Waals surface area contributed by atoms with Crippen molar-refractivity contribution < 1.29 is 4.74 Å². The van der Waals surface area contributed by atoms with Crippen LogP contribution in [0.25, 0.3) is 94.1 Å². The van der Waals surface area contributed by atoms with E-state index in [0.29, 0.717) is 0 Å². The number of benzene rings is 7. The Balaban J connectivity index is 1.10. The van der Waals surface area contributed by atoms with Crippen molar-refractivity contribution >= 4 is 43.6 Å². The Labute approximate surface area is 299 Å². The van der Waals surface area contributed by atoms with E-state index in [1.807, 2.05) is 24.3 Å². The Morgan fingerprint density at radius 2 is 1.00 bits per heavy atom. The van der Waals surface area contributed by atoms with E-state index in [2.05, 4.69) is 156 Å². The van der Waals surface area contributed by atoms with E-state index in [9.17, 15) is 0 Å². The van der Waals surface area contributed by atoms with Crippen LogP contribution < -0.4 is 4.74 Å². The van der Waals surface area contributed by atoms with E-state index in [1.165, 1.54) is 10.9 Å². The van der Waals surface area contributed by atoms with Gasteiger partial charge in [0.25, 0.3) is 0 Å². The first-order chi connectivity index (χ1) is 25.8. The van der Waals surface area contributed by atoms with Crippen molar-refractivity contribution in [3.05, 3.63) is 176 Å². The average molecular weight is 664 g/mol. The Morgan fingerprint density at radius 1 is 0.385 bits per heavy atom. The molecule has 4 heterocycles. The number of para-hydroxylation sites is 2. The largest absolute Gasteiger partial charge is 0.456 e. The number of hydrogen-bond donors (Lipinski definition) is 0. The number of fused-ring (bicyclic) bond motifs is 11. The third kappa shape index (κ3) is 4.41. The van der Waals surface area contributed by atoms with Gasteiger partial charge in [-0.3, -0.25) is 0 Å². The molecule has 4 heteroatoms. The summed E-state index contributed by atoms with van der Waals surface area (Å²) in [5.74, 6) is 1.73. The molecular formula is C48H29N3O. The zero-order valence-corrected chi connectivity index (χ0v) is 28.0. The van der Waals surface area contributed by atoms with Crippen LogP contribution in [0.2, 0.25) is 0 Å². The number of rotatable bonds is 3. The molecule has 1 aliphatic heterocycles. The SMILES string of the molecule is c1ccc(-c2ccc3ccc4ccc(-c5cccc(-n6c7ccccc7c7cc8c(cc76)-c6ccccc6-c6ccccc6O8)c5)nc4c3n2)cc1. The molecule has 0 atom stereocenters. The van der Waals surface area contributed by atoms with Crippen molar-refractivity contribution in [1.82, 2.24) is 14.5 Å². The monoisotopic (exact) mass is 663 g/mol. The molecule has 52 heavy (non-hydrogen) atoms. The maximum absolute atomic E-state index is 6.71. The minimum Gasteiger partial charge on any atom is -0.456 e. The molecule has 4 nitrogen and oxygen atoms in total. The minimum absolute atomic E-state index is 0.859. The Kier molecular flexibility index (Phi) is 6.22. The Morgan fingerprint density at radius 3 is 1.79 bits per heavy atom. The van der Waals surface area contributed by atoms with Gasteiger partial charge in [0.05, 0.1) is 33.5 Å². The highest BCUT2D eigenvalue weighted by atomic mass is 16.5. The minimum atomic E-state index is 0.859. The van der Waals surface area contributed by atoms with Crippen molar-refractivity contribution in [2.75, 3.05) is 0 Å². The molecule has 7 aromatic carbocycles. The van der Waals surface area contributed by atoms with Crippen LogP contribution in [0.15, 0.2) is 176 Å². The van der Waals surface area contributed by atoms with E-state index in [1.54, 1.807) is 0 Å². The lowest BCUT2D eigenvalue weighted by Gasteiger charge is -2.13. The van der Waals surface area contributed by atoms with Crippen molar-refractivity contribution in [3.8, 4) is 62.0 Å². The molecule has 0 saturated carbocycles. The predicted molar refractivity (Wildman–Crippen MR) is 213 cm³/mol. The summed E-state index contributed by atoms with van der Waals surface area (Å²) < 4.78 is 9.08. The van der Waals surface area contributed by atoms with Crippen molar-refractivity contribution in [1.29, 1.82) is 0 Å². The van der Waals surface area contributed by atoms with Crippen LogP contribution in [-0.2, 0) is 0 Å². The highest BCUT2D eigenvalue weighted by molar-refractivity contribution is 6.12. The van der Waals surface area contributed by atoms with Gasteiger partial charge in [-0.25, -0.2) is 9.97 Å². The Hall–Kier alpha value is -7.04. The average Bonchev–Trinajstić information content (AvgIpc) is 3.46. The molecule has 0 fully saturated rings. The zero-order valence-electron chi connectivity index (χ0n) is 28.0. The molecule has 0 spiro atoms. The van der Waals surface area contributed by atoms with Crippen LogP contribution >= 0.6 is 0 Å². The number of hydrogen-bond acceptors (Lipinski definition) is 3. The summed E-state index contributed by atoms with van der Waals surface area (Å²) in [6, 6.07) is 61.9. The third-order valence-electron chi connectivity index (χ3n) is 10.4. The van der Waals surface area contributed by atoms with Crippen molar-refractivity contribution in [2.24, 2.45) is 0 Å². The summed E-state index contributed by atoms with van der Waals surface area (Å²) in [5.41, 5.74) is 13.6. The molecule has 242 valence electrons. The van der Waals surface area contributed by atoms with Crippen LogP contribution in [0.4, 0.5) is 0 Å². The van der Waals surface area contributed by atoms with Gasteiger partial charge in [0.2, 0.25) is 0 Å². The summed E-state index contributed by atoms with van der Waals surface area (Å²) in [7, 11) is 0. The van der Waals surface area contributed by atoms with E-state index >= 15 is 0 Å². The lowest BCUT2D eigenvalue weighted by molar-refractivity contribution is 0.488. The maximum Gasteiger partial charge on any atom is 0.136 e. The van der Waals surface area contributed by atoms with Crippen molar-refractivity contribution in [2.45, 2.75) is 0 Å².